The molecule has 0 heterocycles. The molecule has 0 aliphatic heterocycles. The van der Waals surface area contributed by atoms with Crippen molar-refractivity contribution < 1.29 is 22.4 Å². The zero-order chi connectivity index (χ0) is 19.5. The number of hydrogen-bond acceptors (Lipinski definition) is 2. The Labute approximate surface area is 148 Å². The fourth-order valence-corrected chi connectivity index (χ4v) is 2.20. The predicted molar refractivity (Wildman–Crippen MR) is 94.5 cm³/mol. The van der Waals surface area contributed by atoms with Crippen LogP contribution in [-0.4, -0.2) is 19.8 Å². The van der Waals surface area contributed by atoms with Crippen molar-refractivity contribution in [2.75, 3.05) is 13.7 Å². The van der Waals surface area contributed by atoms with E-state index in [0.717, 1.165) is 6.42 Å². The van der Waals surface area contributed by atoms with Crippen molar-refractivity contribution in [3.8, 4) is 0 Å². The molecule has 0 atom stereocenters. The molecule has 0 rings (SSSR count). The van der Waals surface area contributed by atoms with Gasteiger partial charge < -0.3 is 4.74 Å². The molecule has 0 aromatic rings. The third-order valence-corrected chi connectivity index (χ3v) is 3.41. The SMILES string of the molecule is CC/C=C(C(\C)=C/CC(F)(F)F)/C(=C/CC(C)C)C(=C\CNF)/OC. The zero-order valence-corrected chi connectivity index (χ0v) is 15.6. The van der Waals surface area contributed by atoms with E-state index >= 15 is 0 Å². The van der Waals surface area contributed by atoms with Gasteiger partial charge in [-0.2, -0.15) is 18.7 Å². The first-order valence-corrected chi connectivity index (χ1v) is 8.38. The summed E-state index contributed by atoms with van der Waals surface area (Å²) in [7, 11) is 1.46. The van der Waals surface area contributed by atoms with E-state index in [-0.39, 0.29) is 6.54 Å². The molecule has 0 aliphatic rings. The molecule has 1 N–H and O–H groups in total. The summed E-state index contributed by atoms with van der Waals surface area (Å²) < 4.78 is 55.3. The highest BCUT2D eigenvalue weighted by molar-refractivity contribution is 5.53. The van der Waals surface area contributed by atoms with Crippen molar-refractivity contribution in [2.45, 2.75) is 53.1 Å². The van der Waals surface area contributed by atoms with Crippen LogP contribution in [-0.2, 0) is 4.74 Å². The molecule has 0 radical (unpaired) electrons. The molecule has 0 spiro atoms. The Hall–Kier alpha value is -1.56. The first kappa shape index (κ1) is 23.4. The van der Waals surface area contributed by atoms with E-state index in [1.807, 2.05) is 32.9 Å². The summed E-state index contributed by atoms with van der Waals surface area (Å²) in [5, 5.41) is 0. The molecular formula is C19H29F4NO. The second-order valence-electron chi connectivity index (χ2n) is 6.09. The highest BCUT2D eigenvalue weighted by Crippen LogP contribution is 2.30. The summed E-state index contributed by atoms with van der Waals surface area (Å²) in [5.41, 5.74) is 3.41. The average Bonchev–Trinajstić information content (AvgIpc) is 2.53. The Morgan fingerprint density at radius 2 is 1.72 bits per heavy atom. The van der Waals surface area contributed by atoms with Crippen LogP contribution in [0.2, 0.25) is 0 Å². The van der Waals surface area contributed by atoms with Crippen molar-refractivity contribution in [1.82, 2.24) is 5.54 Å². The molecule has 25 heavy (non-hydrogen) atoms. The van der Waals surface area contributed by atoms with Gasteiger partial charge in [0.1, 0.15) is 5.76 Å². The number of methoxy groups -OCH3 is 1. The lowest BCUT2D eigenvalue weighted by atomic mass is 9.93. The van der Waals surface area contributed by atoms with Gasteiger partial charge in [0.25, 0.3) is 0 Å². The molecule has 6 heteroatoms. The fraction of sp³-hybridized carbons (Fsp3) is 0.579. The van der Waals surface area contributed by atoms with E-state index in [0.29, 0.717) is 34.8 Å². The molecule has 0 aliphatic carbocycles. The van der Waals surface area contributed by atoms with Gasteiger partial charge in [-0.05, 0) is 42.9 Å². The van der Waals surface area contributed by atoms with E-state index in [4.69, 9.17) is 4.74 Å². The number of alkyl halides is 3. The van der Waals surface area contributed by atoms with Gasteiger partial charge in [-0.25, -0.2) is 0 Å². The number of halogens is 4. The molecular weight excluding hydrogens is 334 g/mol. The van der Waals surface area contributed by atoms with E-state index in [1.165, 1.54) is 24.8 Å². The topological polar surface area (TPSA) is 21.3 Å². The summed E-state index contributed by atoms with van der Waals surface area (Å²) >= 11 is 0. The molecule has 0 fully saturated rings. The highest BCUT2D eigenvalue weighted by Gasteiger charge is 2.25. The molecule has 0 bridgehead atoms. The standard InChI is InChI=1S/C19H29F4NO/c1-6-7-16(15(4)10-12-19(20,21)22)17(9-8-14(2)3)18(25-5)11-13-24-23/h7,9-11,14,24H,6,8,12-13H2,1-5H3/b15-10-,16-7+,17-9-,18-11+. The Balaban J connectivity index is 5.96. The first-order chi connectivity index (χ1) is 11.7. The second kappa shape index (κ2) is 11.9. The summed E-state index contributed by atoms with van der Waals surface area (Å²) in [6.07, 6.45) is 2.65. The van der Waals surface area contributed by atoms with Gasteiger partial charge in [0, 0.05) is 12.1 Å². The Morgan fingerprint density at radius 3 is 2.16 bits per heavy atom. The predicted octanol–water partition coefficient (Wildman–Crippen LogP) is 6.20. The van der Waals surface area contributed by atoms with Crippen molar-refractivity contribution >= 4 is 0 Å². The molecule has 0 saturated carbocycles. The van der Waals surface area contributed by atoms with Gasteiger partial charge in [-0.1, -0.05) is 39.0 Å². The molecule has 0 amide bonds. The van der Waals surface area contributed by atoms with Gasteiger partial charge in [-0.3, -0.25) is 0 Å². The largest absolute Gasteiger partial charge is 0.496 e. The van der Waals surface area contributed by atoms with E-state index < -0.39 is 12.6 Å². The normalized spacial score (nSPS) is 15.1. The lowest BCUT2D eigenvalue weighted by Gasteiger charge is -2.17. The monoisotopic (exact) mass is 363 g/mol. The molecule has 0 aromatic carbocycles. The van der Waals surface area contributed by atoms with Crippen LogP contribution in [0, 0.1) is 5.92 Å². The maximum atomic E-state index is 12.5. The number of allylic oxidation sites excluding steroid dienone is 5. The molecule has 2 nitrogen and oxygen atoms in total. The van der Waals surface area contributed by atoms with Gasteiger partial charge in [-0.15, -0.1) is 4.48 Å². The Morgan fingerprint density at radius 1 is 1.08 bits per heavy atom. The van der Waals surface area contributed by atoms with E-state index in [2.05, 4.69) is 0 Å². The van der Waals surface area contributed by atoms with Crippen LogP contribution in [0.4, 0.5) is 17.7 Å². The average molecular weight is 363 g/mol. The molecule has 144 valence electrons. The maximum absolute atomic E-state index is 12.5. The fourth-order valence-electron chi connectivity index (χ4n) is 2.20. The lowest BCUT2D eigenvalue weighted by Crippen LogP contribution is -2.07. The van der Waals surface area contributed by atoms with Crippen LogP contribution in [0.3, 0.4) is 0 Å². The maximum Gasteiger partial charge on any atom is 0.392 e. The number of hydrogen-bond donors (Lipinski definition) is 1. The van der Waals surface area contributed by atoms with E-state index in [1.54, 1.807) is 6.92 Å². The molecule has 0 aromatic heterocycles. The van der Waals surface area contributed by atoms with Gasteiger partial charge in [0.15, 0.2) is 0 Å². The summed E-state index contributed by atoms with van der Waals surface area (Å²) in [4.78, 5) is 0. The minimum absolute atomic E-state index is 0.0487. The van der Waals surface area contributed by atoms with Gasteiger partial charge >= 0.3 is 6.18 Å². The Bertz CT molecular complexity index is 514. The third-order valence-electron chi connectivity index (χ3n) is 3.41. The Kier molecular flexibility index (Phi) is 11.2. The first-order valence-electron chi connectivity index (χ1n) is 8.38. The van der Waals surface area contributed by atoms with Crippen molar-refractivity contribution in [3.63, 3.8) is 0 Å². The van der Waals surface area contributed by atoms with Gasteiger partial charge in [0.2, 0.25) is 0 Å². The van der Waals surface area contributed by atoms with Crippen LogP contribution in [0.1, 0.15) is 47.0 Å². The van der Waals surface area contributed by atoms with Crippen molar-refractivity contribution in [2.24, 2.45) is 5.92 Å². The molecule has 0 saturated heterocycles. The number of nitrogens with one attached hydrogen (secondary N) is 1. The van der Waals surface area contributed by atoms with Crippen LogP contribution in [0.25, 0.3) is 0 Å². The number of rotatable bonds is 10. The summed E-state index contributed by atoms with van der Waals surface area (Å²) in [6, 6.07) is 0. The van der Waals surface area contributed by atoms with Crippen LogP contribution >= 0.6 is 0 Å². The van der Waals surface area contributed by atoms with Gasteiger partial charge in [0.05, 0.1) is 13.5 Å². The summed E-state index contributed by atoms with van der Waals surface area (Å²) in [6.45, 7) is 7.60. The second-order valence-corrected chi connectivity index (χ2v) is 6.09. The van der Waals surface area contributed by atoms with Crippen LogP contribution in [0.15, 0.2) is 46.8 Å². The third kappa shape index (κ3) is 10.1. The lowest BCUT2D eigenvalue weighted by molar-refractivity contribution is -0.125. The van der Waals surface area contributed by atoms with Crippen molar-refractivity contribution in [1.29, 1.82) is 0 Å². The van der Waals surface area contributed by atoms with E-state index in [9.17, 15) is 17.7 Å². The van der Waals surface area contributed by atoms with Crippen LogP contribution in [0.5, 0.6) is 0 Å². The van der Waals surface area contributed by atoms with Crippen molar-refractivity contribution in [3.05, 3.63) is 46.8 Å². The minimum Gasteiger partial charge on any atom is -0.496 e. The summed E-state index contributed by atoms with van der Waals surface area (Å²) in [5.74, 6) is 0.806. The highest BCUT2D eigenvalue weighted by atomic mass is 19.4. The number of ether oxygens (including phenoxy) is 1. The smallest absolute Gasteiger partial charge is 0.392 e. The zero-order valence-electron chi connectivity index (χ0n) is 15.6. The van der Waals surface area contributed by atoms with Crippen LogP contribution < -0.4 is 5.54 Å². The quantitative estimate of drug-likeness (QED) is 0.216. The minimum atomic E-state index is -4.25. The molecule has 0 unspecified atom stereocenters.